The first-order valence-electron chi connectivity index (χ1n) is 3.84. The number of hydrogen-bond donors (Lipinski definition) is 2. The molecule has 0 aromatic carbocycles. The monoisotopic (exact) mass is 142 g/mol. The predicted molar refractivity (Wildman–Crippen MR) is 46.0 cm³/mol. The molecule has 0 rings (SSSR count). The predicted octanol–water partition coefficient (Wildman–Crippen LogP) is 0.889. The molecule has 0 aliphatic rings. The Morgan fingerprint density at radius 2 is 2.40 bits per heavy atom. The van der Waals surface area contributed by atoms with Crippen LogP contribution in [0.4, 0.5) is 0 Å². The van der Waals surface area contributed by atoms with Gasteiger partial charge in [0, 0.05) is 12.6 Å². The van der Waals surface area contributed by atoms with Gasteiger partial charge in [-0.1, -0.05) is 6.08 Å². The molecular formula is C8H18N2. The van der Waals surface area contributed by atoms with Gasteiger partial charge in [0.15, 0.2) is 0 Å². The summed E-state index contributed by atoms with van der Waals surface area (Å²) in [5.41, 5.74) is 5.56. The van der Waals surface area contributed by atoms with Crippen LogP contribution in [-0.2, 0) is 0 Å². The highest BCUT2D eigenvalue weighted by atomic mass is 14.8. The fourth-order valence-electron chi connectivity index (χ4n) is 0.753. The van der Waals surface area contributed by atoms with Crippen LogP contribution in [-0.4, -0.2) is 19.1 Å². The second kappa shape index (κ2) is 6.78. The third kappa shape index (κ3) is 7.66. The van der Waals surface area contributed by atoms with E-state index in [0.29, 0.717) is 6.04 Å². The van der Waals surface area contributed by atoms with Gasteiger partial charge >= 0.3 is 0 Å². The number of hydrogen-bond acceptors (Lipinski definition) is 2. The van der Waals surface area contributed by atoms with E-state index in [1.807, 2.05) is 13.0 Å². The molecule has 0 radical (unpaired) electrons. The van der Waals surface area contributed by atoms with Gasteiger partial charge in [0.05, 0.1) is 0 Å². The normalized spacial score (nSPS) is 13.0. The van der Waals surface area contributed by atoms with Crippen LogP contribution in [0.15, 0.2) is 12.7 Å². The van der Waals surface area contributed by atoms with Crippen molar-refractivity contribution >= 4 is 0 Å². The highest BCUT2D eigenvalue weighted by Crippen LogP contribution is 1.90. The molecule has 3 N–H and O–H groups in total. The Bertz CT molecular complexity index is 79.3. The van der Waals surface area contributed by atoms with E-state index in [9.17, 15) is 0 Å². The summed E-state index contributed by atoms with van der Waals surface area (Å²) in [6.07, 6.45) is 4.13. The Kier molecular flexibility index (Phi) is 6.55. The van der Waals surface area contributed by atoms with Gasteiger partial charge < -0.3 is 11.1 Å². The van der Waals surface area contributed by atoms with Gasteiger partial charge in [0.25, 0.3) is 0 Å². The van der Waals surface area contributed by atoms with Crippen molar-refractivity contribution in [2.75, 3.05) is 13.1 Å². The van der Waals surface area contributed by atoms with E-state index in [-0.39, 0.29) is 0 Å². The van der Waals surface area contributed by atoms with Crippen molar-refractivity contribution in [2.24, 2.45) is 5.73 Å². The van der Waals surface area contributed by atoms with Gasteiger partial charge in [-0.15, -0.1) is 6.58 Å². The van der Waals surface area contributed by atoms with Gasteiger partial charge in [-0.3, -0.25) is 0 Å². The minimum atomic E-state index is 0.338. The Labute approximate surface area is 63.5 Å². The Morgan fingerprint density at radius 1 is 1.70 bits per heavy atom. The topological polar surface area (TPSA) is 38.0 Å². The molecule has 0 aromatic heterocycles. The molecule has 0 aliphatic heterocycles. The molecule has 0 aliphatic carbocycles. The number of rotatable bonds is 6. The van der Waals surface area contributed by atoms with Gasteiger partial charge in [-0.2, -0.15) is 0 Å². The lowest BCUT2D eigenvalue weighted by molar-refractivity contribution is 0.591. The third-order valence-corrected chi connectivity index (χ3v) is 1.30. The smallest absolute Gasteiger partial charge is 0.0132 e. The largest absolute Gasteiger partial charge is 0.328 e. The van der Waals surface area contributed by atoms with Crippen LogP contribution < -0.4 is 11.1 Å². The maximum Gasteiger partial charge on any atom is 0.0132 e. The summed E-state index contributed by atoms with van der Waals surface area (Å²) in [5.74, 6) is 0. The summed E-state index contributed by atoms with van der Waals surface area (Å²) in [5, 5.41) is 3.22. The minimum Gasteiger partial charge on any atom is -0.328 e. The molecule has 0 fully saturated rings. The summed E-state index contributed by atoms with van der Waals surface area (Å²) in [6, 6.07) is 0.338. The van der Waals surface area contributed by atoms with Crippen LogP contribution >= 0.6 is 0 Å². The molecule has 0 heterocycles. The summed E-state index contributed by atoms with van der Waals surface area (Å²) in [6.45, 7) is 7.59. The van der Waals surface area contributed by atoms with Crippen LogP contribution in [0.1, 0.15) is 19.8 Å². The van der Waals surface area contributed by atoms with Crippen molar-refractivity contribution in [3.05, 3.63) is 12.7 Å². The van der Waals surface area contributed by atoms with Crippen molar-refractivity contribution in [2.45, 2.75) is 25.8 Å². The third-order valence-electron chi connectivity index (χ3n) is 1.30. The first-order chi connectivity index (χ1) is 4.77. The molecule has 0 bridgehead atoms. The number of nitrogens with one attached hydrogen (secondary N) is 1. The Morgan fingerprint density at radius 3 is 2.90 bits per heavy atom. The minimum absolute atomic E-state index is 0.338. The van der Waals surface area contributed by atoms with E-state index >= 15 is 0 Å². The fraction of sp³-hybridized carbons (Fsp3) is 0.750. The van der Waals surface area contributed by atoms with E-state index in [1.54, 1.807) is 0 Å². The number of nitrogens with two attached hydrogens (primary N) is 1. The second-order valence-corrected chi connectivity index (χ2v) is 2.61. The zero-order valence-corrected chi connectivity index (χ0v) is 6.77. The zero-order chi connectivity index (χ0) is 7.82. The summed E-state index contributed by atoms with van der Waals surface area (Å²) in [4.78, 5) is 0. The highest BCUT2D eigenvalue weighted by molar-refractivity contribution is 4.69. The van der Waals surface area contributed by atoms with E-state index < -0.39 is 0 Å². The van der Waals surface area contributed by atoms with Crippen molar-refractivity contribution < 1.29 is 0 Å². The molecule has 2 nitrogen and oxygen atoms in total. The first-order valence-corrected chi connectivity index (χ1v) is 3.84. The van der Waals surface area contributed by atoms with Crippen LogP contribution in [0.25, 0.3) is 0 Å². The van der Waals surface area contributed by atoms with Crippen molar-refractivity contribution in [1.82, 2.24) is 5.32 Å². The quantitative estimate of drug-likeness (QED) is 0.427. The lowest BCUT2D eigenvalue weighted by Gasteiger charge is -2.03. The molecule has 0 aromatic rings. The van der Waals surface area contributed by atoms with Crippen molar-refractivity contribution in [1.29, 1.82) is 0 Å². The zero-order valence-electron chi connectivity index (χ0n) is 6.77. The molecular weight excluding hydrogens is 124 g/mol. The first kappa shape index (κ1) is 9.66. The van der Waals surface area contributed by atoms with Crippen LogP contribution in [0, 0.1) is 0 Å². The van der Waals surface area contributed by atoms with Crippen molar-refractivity contribution in [3.63, 3.8) is 0 Å². The molecule has 1 unspecified atom stereocenters. The average molecular weight is 142 g/mol. The summed E-state index contributed by atoms with van der Waals surface area (Å²) in [7, 11) is 0. The molecule has 0 amide bonds. The fourth-order valence-corrected chi connectivity index (χ4v) is 0.753. The molecule has 2 heteroatoms. The van der Waals surface area contributed by atoms with Gasteiger partial charge in [-0.05, 0) is 26.3 Å². The lowest BCUT2D eigenvalue weighted by Crippen LogP contribution is -2.19. The summed E-state index contributed by atoms with van der Waals surface area (Å²) >= 11 is 0. The van der Waals surface area contributed by atoms with Crippen molar-refractivity contribution in [3.8, 4) is 0 Å². The van der Waals surface area contributed by atoms with Gasteiger partial charge in [0.1, 0.15) is 0 Å². The van der Waals surface area contributed by atoms with Crippen LogP contribution in [0.5, 0.6) is 0 Å². The molecule has 1 atom stereocenters. The SMILES string of the molecule is C=CCNCCCC(C)N. The molecule has 10 heavy (non-hydrogen) atoms. The maximum atomic E-state index is 5.56. The average Bonchev–Trinajstić information content (AvgIpc) is 1.87. The maximum absolute atomic E-state index is 5.56. The van der Waals surface area contributed by atoms with E-state index in [4.69, 9.17) is 5.73 Å². The van der Waals surface area contributed by atoms with E-state index in [1.165, 1.54) is 0 Å². The van der Waals surface area contributed by atoms with E-state index in [0.717, 1.165) is 25.9 Å². The highest BCUT2D eigenvalue weighted by Gasteiger charge is 1.91. The van der Waals surface area contributed by atoms with Crippen LogP contribution in [0.3, 0.4) is 0 Å². The summed E-state index contributed by atoms with van der Waals surface area (Å²) < 4.78 is 0. The Hall–Kier alpha value is -0.340. The molecule has 0 saturated carbocycles. The van der Waals surface area contributed by atoms with Gasteiger partial charge in [-0.25, -0.2) is 0 Å². The van der Waals surface area contributed by atoms with Crippen LogP contribution in [0.2, 0.25) is 0 Å². The van der Waals surface area contributed by atoms with Gasteiger partial charge in [0.2, 0.25) is 0 Å². The Balaban J connectivity index is 2.83. The molecule has 0 saturated heterocycles. The molecule has 0 spiro atoms. The molecule has 60 valence electrons. The lowest BCUT2D eigenvalue weighted by atomic mass is 10.2. The standard InChI is InChI=1S/C8H18N2/c1-3-6-10-7-4-5-8(2)9/h3,8,10H,1,4-7,9H2,2H3. The van der Waals surface area contributed by atoms with E-state index in [2.05, 4.69) is 11.9 Å². The second-order valence-electron chi connectivity index (χ2n) is 2.61.